The summed E-state index contributed by atoms with van der Waals surface area (Å²) in [7, 11) is 0. The number of nitrogens with zero attached hydrogens (tertiary/aromatic N) is 4. The highest BCUT2D eigenvalue weighted by Crippen LogP contribution is 2.40. The third-order valence-electron chi connectivity index (χ3n) is 5.42. The Morgan fingerprint density at radius 3 is 2.48 bits per heavy atom. The normalized spacial score (nSPS) is 14.2. The van der Waals surface area contributed by atoms with Crippen LogP contribution in [0.25, 0.3) is 0 Å². The van der Waals surface area contributed by atoms with E-state index in [-0.39, 0.29) is 11.5 Å². The highest BCUT2D eigenvalue weighted by molar-refractivity contribution is 7.99. The zero-order chi connectivity index (χ0) is 22.2. The molecule has 0 saturated heterocycles. The lowest BCUT2D eigenvalue weighted by Crippen LogP contribution is -2.19. The summed E-state index contributed by atoms with van der Waals surface area (Å²) in [5.41, 5.74) is 2.20. The van der Waals surface area contributed by atoms with Crippen LogP contribution >= 0.6 is 11.8 Å². The average Bonchev–Trinajstić information content (AvgIpc) is 3.43. The van der Waals surface area contributed by atoms with Crippen LogP contribution in [0, 0.1) is 13.8 Å². The van der Waals surface area contributed by atoms with Crippen molar-refractivity contribution >= 4 is 17.5 Å². The maximum atomic E-state index is 12.8. The molecule has 1 fully saturated rings. The second-order valence-electron chi connectivity index (χ2n) is 7.88. The Kier molecular flexibility index (Phi) is 5.96. The van der Waals surface area contributed by atoms with E-state index in [9.17, 15) is 18.0 Å². The SMILES string of the molecule is Cc1cc(C(=O)CSc2nnc(C3CC3)n2Cc2ccccc2)c(C)n1CC(F)(F)F. The minimum Gasteiger partial charge on any atom is -0.339 e. The molecule has 0 radical (unpaired) electrons. The van der Waals surface area contributed by atoms with E-state index in [1.807, 2.05) is 30.3 Å². The molecule has 1 saturated carbocycles. The van der Waals surface area contributed by atoms with Crippen LogP contribution in [0.15, 0.2) is 41.6 Å². The van der Waals surface area contributed by atoms with Crippen LogP contribution < -0.4 is 0 Å². The molecule has 0 N–H and O–H groups in total. The van der Waals surface area contributed by atoms with E-state index in [1.165, 1.54) is 17.8 Å². The summed E-state index contributed by atoms with van der Waals surface area (Å²) in [6.07, 6.45) is -2.17. The molecule has 9 heteroatoms. The van der Waals surface area contributed by atoms with E-state index in [2.05, 4.69) is 14.8 Å². The summed E-state index contributed by atoms with van der Waals surface area (Å²) in [5.74, 6) is 1.21. The van der Waals surface area contributed by atoms with Crippen LogP contribution in [-0.2, 0) is 13.1 Å². The number of aromatic nitrogens is 4. The first-order valence-electron chi connectivity index (χ1n) is 10.1. The van der Waals surface area contributed by atoms with Crippen molar-refractivity contribution in [3.63, 3.8) is 0 Å². The Hall–Kier alpha value is -2.55. The van der Waals surface area contributed by atoms with Crippen molar-refractivity contribution in [2.75, 3.05) is 5.75 Å². The van der Waals surface area contributed by atoms with Crippen molar-refractivity contribution in [3.05, 3.63) is 64.7 Å². The van der Waals surface area contributed by atoms with Gasteiger partial charge in [-0.1, -0.05) is 42.1 Å². The third-order valence-corrected chi connectivity index (χ3v) is 6.38. The van der Waals surface area contributed by atoms with Gasteiger partial charge in [0, 0.05) is 22.9 Å². The lowest BCUT2D eigenvalue weighted by atomic mass is 10.2. The summed E-state index contributed by atoms with van der Waals surface area (Å²) < 4.78 is 41.7. The van der Waals surface area contributed by atoms with Crippen molar-refractivity contribution in [2.24, 2.45) is 0 Å². The van der Waals surface area contributed by atoms with Gasteiger partial charge < -0.3 is 9.13 Å². The second kappa shape index (κ2) is 8.53. The topological polar surface area (TPSA) is 52.7 Å². The molecular weight excluding hydrogens is 425 g/mol. The Labute approximate surface area is 182 Å². The van der Waals surface area contributed by atoms with E-state index in [4.69, 9.17) is 0 Å². The number of aryl methyl sites for hydroxylation is 1. The second-order valence-corrected chi connectivity index (χ2v) is 8.83. The Balaban J connectivity index is 1.51. The summed E-state index contributed by atoms with van der Waals surface area (Å²) >= 11 is 1.28. The highest BCUT2D eigenvalue weighted by Gasteiger charge is 2.32. The van der Waals surface area contributed by atoms with Crippen LogP contribution in [0.4, 0.5) is 13.2 Å². The van der Waals surface area contributed by atoms with Gasteiger partial charge in [-0.2, -0.15) is 13.2 Å². The van der Waals surface area contributed by atoms with Crippen LogP contribution in [0.5, 0.6) is 0 Å². The minimum absolute atomic E-state index is 0.0912. The Bertz CT molecular complexity index is 1080. The van der Waals surface area contributed by atoms with Crippen molar-refractivity contribution in [3.8, 4) is 0 Å². The first kappa shape index (κ1) is 21.7. The molecule has 0 unspecified atom stereocenters. The monoisotopic (exact) mass is 448 g/mol. The molecule has 1 aliphatic rings. The predicted molar refractivity (Wildman–Crippen MR) is 113 cm³/mol. The number of hydrogen-bond donors (Lipinski definition) is 0. The third kappa shape index (κ3) is 5.03. The number of thioether (sulfide) groups is 1. The van der Waals surface area contributed by atoms with E-state index >= 15 is 0 Å². The van der Waals surface area contributed by atoms with Gasteiger partial charge in [0.1, 0.15) is 12.4 Å². The molecule has 0 aliphatic heterocycles. The quantitative estimate of drug-likeness (QED) is 0.353. The standard InChI is InChI=1S/C22H23F3N4OS/c1-14-10-18(15(2)29(14)13-22(23,24)25)19(30)12-31-21-27-26-20(17-8-9-17)28(21)11-16-6-4-3-5-7-16/h3-7,10,17H,8-9,11-13H2,1-2H3. The van der Waals surface area contributed by atoms with E-state index in [0.717, 1.165) is 28.8 Å². The summed E-state index contributed by atoms with van der Waals surface area (Å²) in [4.78, 5) is 12.8. The molecule has 0 spiro atoms. The van der Waals surface area contributed by atoms with Gasteiger partial charge in [-0.15, -0.1) is 10.2 Å². The smallest absolute Gasteiger partial charge is 0.339 e. The lowest BCUT2D eigenvalue weighted by molar-refractivity contribution is -0.141. The first-order chi connectivity index (χ1) is 14.7. The van der Waals surface area contributed by atoms with Crippen LogP contribution in [0.2, 0.25) is 0 Å². The number of carbonyl (C=O) groups is 1. The van der Waals surface area contributed by atoms with Crippen molar-refractivity contribution in [1.82, 2.24) is 19.3 Å². The summed E-state index contributed by atoms with van der Waals surface area (Å²) in [5, 5.41) is 9.31. The number of hydrogen-bond acceptors (Lipinski definition) is 4. The van der Waals surface area contributed by atoms with Crippen molar-refractivity contribution < 1.29 is 18.0 Å². The van der Waals surface area contributed by atoms with Gasteiger partial charge in [-0.05, 0) is 38.3 Å². The molecule has 2 aromatic heterocycles. The fourth-order valence-corrected chi connectivity index (χ4v) is 4.51. The maximum absolute atomic E-state index is 12.8. The number of ketones is 1. The fraction of sp³-hybridized carbons (Fsp3) is 0.409. The first-order valence-corrected chi connectivity index (χ1v) is 11.1. The van der Waals surface area contributed by atoms with Crippen LogP contribution in [-0.4, -0.2) is 37.0 Å². The molecule has 1 aromatic carbocycles. The van der Waals surface area contributed by atoms with E-state index in [1.54, 1.807) is 13.8 Å². The van der Waals surface area contributed by atoms with Gasteiger partial charge >= 0.3 is 6.18 Å². The molecule has 4 rings (SSSR count). The Morgan fingerprint density at radius 2 is 1.84 bits per heavy atom. The molecule has 0 bridgehead atoms. The molecular formula is C22H23F3N4OS. The van der Waals surface area contributed by atoms with Crippen LogP contribution in [0.1, 0.15) is 51.9 Å². The molecule has 0 amide bonds. The molecule has 31 heavy (non-hydrogen) atoms. The number of carbonyl (C=O) groups excluding carboxylic acids is 1. The lowest BCUT2D eigenvalue weighted by Gasteiger charge is -2.12. The van der Waals surface area contributed by atoms with E-state index in [0.29, 0.717) is 34.6 Å². The number of halogens is 3. The van der Waals surface area contributed by atoms with Gasteiger partial charge in [0.05, 0.1) is 12.3 Å². The largest absolute Gasteiger partial charge is 0.406 e. The van der Waals surface area contributed by atoms with Gasteiger partial charge in [-0.3, -0.25) is 4.79 Å². The zero-order valence-electron chi connectivity index (χ0n) is 17.3. The van der Waals surface area contributed by atoms with Gasteiger partial charge in [-0.25, -0.2) is 0 Å². The fourth-order valence-electron chi connectivity index (χ4n) is 3.68. The van der Waals surface area contributed by atoms with Crippen LogP contribution in [0.3, 0.4) is 0 Å². The number of alkyl halides is 3. The average molecular weight is 449 g/mol. The highest BCUT2D eigenvalue weighted by atomic mass is 32.2. The number of rotatable bonds is 8. The predicted octanol–water partition coefficient (Wildman–Crippen LogP) is 5.16. The molecule has 2 heterocycles. The minimum atomic E-state index is -4.34. The molecule has 164 valence electrons. The van der Waals surface area contributed by atoms with Gasteiger partial charge in [0.15, 0.2) is 10.9 Å². The van der Waals surface area contributed by atoms with Gasteiger partial charge in [0.2, 0.25) is 0 Å². The van der Waals surface area contributed by atoms with E-state index < -0.39 is 12.7 Å². The summed E-state index contributed by atoms with van der Waals surface area (Å²) in [6, 6.07) is 11.5. The van der Waals surface area contributed by atoms with Gasteiger partial charge in [0.25, 0.3) is 0 Å². The van der Waals surface area contributed by atoms with Crippen molar-refractivity contribution in [1.29, 1.82) is 0 Å². The number of Topliss-reactive ketones (excluding diaryl/α,β-unsaturated/α-hetero) is 1. The molecule has 0 atom stereocenters. The summed E-state index contributed by atoms with van der Waals surface area (Å²) in [6.45, 7) is 2.67. The van der Waals surface area contributed by atoms with Crippen molar-refractivity contribution in [2.45, 2.75) is 57.0 Å². The molecule has 1 aliphatic carbocycles. The maximum Gasteiger partial charge on any atom is 0.406 e. The zero-order valence-corrected chi connectivity index (χ0v) is 18.1. The Morgan fingerprint density at radius 1 is 1.13 bits per heavy atom. The molecule has 5 nitrogen and oxygen atoms in total. The number of benzene rings is 1. The molecule has 3 aromatic rings.